The minimum absolute atomic E-state index is 0.00718. The molecular weight excluding hydrogens is 458 g/mol. The van der Waals surface area contributed by atoms with Crippen LogP contribution in [0.5, 0.6) is 0 Å². The standard InChI is InChI=1S/C25H20F2N4O4/c26-19-12-11-18(13-20(19)27)29-21(32)14-28-22(33)15-31-23(34)25(30-24(31)35,16-7-3-1-4-8-16)17-9-5-2-6-10-17/h1-13H,14-15H2,(H,28,33)(H,29,32)(H,30,35). The molecule has 0 aromatic heterocycles. The Balaban J connectivity index is 1.45. The molecule has 0 bridgehead atoms. The van der Waals surface area contributed by atoms with E-state index in [-0.39, 0.29) is 5.69 Å². The highest BCUT2D eigenvalue weighted by atomic mass is 19.2. The molecule has 1 aliphatic rings. The Morgan fingerprint density at radius 3 is 2.00 bits per heavy atom. The van der Waals surface area contributed by atoms with E-state index < -0.39 is 54.0 Å². The molecule has 0 unspecified atom stereocenters. The molecule has 0 aliphatic carbocycles. The topological polar surface area (TPSA) is 108 Å². The molecule has 4 rings (SSSR count). The number of amides is 5. The first-order valence-corrected chi connectivity index (χ1v) is 10.6. The van der Waals surface area contributed by atoms with E-state index >= 15 is 0 Å². The van der Waals surface area contributed by atoms with Gasteiger partial charge in [0.05, 0.1) is 6.54 Å². The van der Waals surface area contributed by atoms with E-state index in [0.29, 0.717) is 11.1 Å². The number of hydrogen-bond donors (Lipinski definition) is 3. The van der Waals surface area contributed by atoms with Gasteiger partial charge in [0.2, 0.25) is 11.8 Å². The summed E-state index contributed by atoms with van der Waals surface area (Å²) in [6.45, 7) is -1.13. The van der Waals surface area contributed by atoms with Gasteiger partial charge in [-0.1, -0.05) is 60.7 Å². The molecule has 178 valence electrons. The number of carbonyl (C=O) groups excluding carboxylic acids is 4. The Labute approximate surface area is 198 Å². The predicted octanol–water partition coefficient (Wildman–Crippen LogP) is 2.52. The van der Waals surface area contributed by atoms with Crippen molar-refractivity contribution in [3.05, 3.63) is 102 Å². The fourth-order valence-corrected chi connectivity index (χ4v) is 3.81. The van der Waals surface area contributed by atoms with Crippen molar-refractivity contribution in [2.24, 2.45) is 0 Å². The normalized spacial score (nSPS) is 14.4. The number of halogens is 2. The fraction of sp³-hybridized carbons (Fsp3) is 0.120. The van der Waals surface area contributed by atoms with Crippen LogP contribution in [0.2, 0.25) is 0 Å². The summed E-state index contributed by atoms with van der Waals surface area (Å²) in [7, 11) is 0. The van der Waals surface area contributed by atoms with Gasteiger partial charge in [-0.2, -0.15) is 0 Å². The molecule has 35 heavy (non-hydrogen) atoms. The fourth-order valence-electron chi connectivity index (χ4n) is 3.81. The highest BCUT2D eigenvalue weighted by Gasteiger charge is 2.54. The Kier molecular flexibility index (Phi) is 6.54. The maximum Gasteiger partial charge on any atom is 0.326 e. The molecule has 3 aromatic carbocycles. The molecular formula is C25H20F2N4O4. The van der Waals surface area contributed by atoms with Crippen LogP contribution in [0.25, 0.3) is 0 Å². The second kappa shape index (κ2) is 9.72. The maximum absolute atomic E-state index is 13.5. The molecule has 1 fully saturated rings. The molecule has 3 N–H and O–H groups in total. The van der Waals surface area contributed by atoms with Crippen molar-refractivity contribution in [2.45, 2.75) is 5.54 Å². The van der Waals surface area contributed by atoms with Crippen molar-refractivity contribution in [2.75, 3.05) is 18.4 Å². The lowest BCUT2D eigenvalue weighted by molar-refractivity contribution is -0.134. The first kappa shape index (κ1) is 23.6. The largest absolute Gasteiger partial charge is 0.345 e. The molecule has 1 heterocycles. The van der Waals surface area contributed by atoms with Gasteiger partial charge in [-0.15, -0.1) is 0 Å². The molecule has 0 radical (unpaired) electrons. The molecule has 0 atom stereocenters. The van der Waals surface area contributed by atoms with Crippen molar-refractivity contribution >= 4 is 29.4 Å². The molecule has 1 saturated heterocycles. The lowest BCUT2D eigenvalue weighted by Gasteiger charge is -2.27. The third-order valence-corrected chi connectivity index (χ3v) is 5.47. The number of anilines is 1. The zero-order valence-electron chi connectivity index (χ0n) is 18.3. The van der Waals surface area contributed by atoms with Crippen LogP contribution in [0.4, 0.5) is 19.3 Å². The second-order valence-electron chi connectivity index (χ2n) is 7.76. The number of urea groups is 1. The van der Waals surface area contributed by atoms with Crippen LogP contribution >= 0.6 is 0 Å². The third-order valence-electron chi connectivity index (χ3n) is 5.47. The number of nitrogens with one attached hydrogen (secondary N) is 3. The predicted molar refractivity (Wildman–Crippen MR) is 122 cm³/mol. The maximum atomic E-state index is 13.5. The Hall–Kier alpha value is -4.60. The van der Waals surface area contributed by atoms with E-state index in [4.69, 9.17) is 0 Å². The Morgan fingerprint density at radius 1 is 0.829 bits per heavy atom. The van der Waals surface area contributed by atoms with Crippen molar-refractivity contribution < 1.29 is 28.0 Å². The van der Waals surface area contributed by atoms with Crippen molar-refractivity contribution in [3.63, 3.8) is 0 Å². The lowest BCUT2D eigenvalue weighted by atomic mass is 9.82. The minimum Gasteiger partial charge on any atom is -0.345 e. The molecule has 8 nitrogen and oxygen atoms in total. The van der Waals surface area contributed by atoms with Gasteiger partial charge in [-0.05, 0) is 23.3 Å². The van der Waals surface area contributed by atoms with Gasteiger partial charge in [0.25, 0.3) is 5.91 Å². The Morgan fingerprint density at radius 2 is 1.43 bits per heavy atom. The van der Waals surface area contributed by atoms with E-state index in [1.165, 1.54) is 0 Å². The summed E-state index contributed by atoms with van der Waals surface area (Å²) in [6.07, 6.45) is 0. The zero-order chi connectivity index (χ0) is 25.0. The van der Waals surface area contributed by atoms with Crippen LogP contribution in [-0.2, 0) is 19.9 Å². The summed E-state index contributed by atoms with van der Waals surface area (Å²) in [6, 6.07) is 19.4. The highest BCUT2D eigenvalue weighted by Crippen LogP contribution is 2.35. The van der Waals surface area contributed by atoms with Crippen molar-refractivity contribution in [3.8, 4) is 0 Å². The molecule has 0 spiro atoms. The summed E-state index contributed by atoms with van der Waals surface area (Å²) in [4.78, 5) is 51.6. The van der Waals surface area contributed by atoms with E-state index in [9.17, 15) is 28.0 Å². The minimum atomic E-state index is -1.51. The van der Waals surface area contributed by atoms with E-state index in [0.717, 1.165) is 23.1 Å². The summed E-state index contributed by atoms with van der Waals surface area (Å²) in [5.41, 5.74) is -0.450. The molecule has 10 heteroatoms. The van der Waals surface area contributed by atoms with E-state index in [2.05, 4.69) is 16.0 Å². The number of nitrogens with zero attached hydrogens (tertiary/aromatic N) is 1. The molecule has 1 aliphatic heterocycles. The Bertz CT molecular complexity index is 1250. The van der Waals surface area contributed by atoms with E-state index in [1.54, 1.807) is 60.7 Å². The molecule has 3 aromatic rings. The summed E-state index contributed by atoms with van der Waals surface area (Å²) < 4.78 is 26.3. The van der Waals surface area contributed by atoms with E-state index in [1.807, 2.05) is 0 Å². The SMILES string of the molecule is O=C(CN1C(=O)NC(c2ccccc2)(c2ccccc2)C1=O)NCC(=O)Nc1ccc(F)c(F)c1. The summed E-state index contributed by atoms with van der Waals surface area (Å²) >= 11 is 0. The van der Waals surface area contributed by atoms with Crippen LogP contribution in [-0.4, -0.2) is 41.7 Å². The summed E-state index contributed by atoms with van der Waals surface area (Å²) in [5, 5.41) is 7.35. The van der Waals surface area contributed by atoms with Gasteiger partial charge < -0.3 is 16.0 Å². The van der Waals surface area contributed by atoms with Crippen LogP contribution in [0.1, 0.15) is 11.1 Å². The number of carbonyl (C=O) groups is 4. The number of hydrogen-bond acceptors (Lipinski definition) is 4. The van der Waals surface area contributed by atoms with Gasteiger partial charge in [-0.3, -0.25) is 19.3 Å². The first-order valence-electron chi connectivity index (χ1n) is 10.6. The number of benzene rings is 3. The lowest BCUT2D eigenvalue weighted by Crippen LogP contribution is -2.46. The average molecular weight is 478 g/mol. The summed E-state index contributed by atoms with van der Waals surface area (Å²) in [5.74, 6) is -4.30. The number of rotatable bonds is 7. The van der Waals surface area contributed by atoms with Crippen molar-refractivity contribution in [1.29, 1.82) is 0 Å². The van der Waals surface area contributed by atoms with Gasteiger partial charge in [0.15, 0.2) is 17.2 Å². The van der Waals surface area contributed by atoms with Gasteiger partial charge >= 0.3 is 6.03 Å². The number of imide groups is 1. The van der Waals surface area contributed by atoms with Gasteiger partial charge in [-0.25, -0.2) is 13.6 Å². The van der Waals surface area contributed by atoms with Gasteiger partial charge in [0.1, 0.15) is 6.54 Å². The van der Waals surface area contributed by atoms with Gasteiger partial charge in [0, 0.05) is 11.8 Å². The highest BCUT2D eigenvalue weighted by molar-refractivity contribution is 6.11. The second-order valence-corrected chi connectivity index (χ2v) is 7.76. The van der Waals surface area contributed by atoms with Crippen molar-refractivity contribution in [1.82, 2.24) is 15.5 Å². The third kappa shape index (κ3) is 4.72. The monoisotopic (exact) mass is 478 g/mol. The molecule has 0 saturated carbocycles. The van der Waals surface area contributed by atoms with Crippen LogP contribution in [0.15, 0.2) is 78.9 Å². The first-order chi connectivity index (χ1) is 16.8. The quantitative estimate of drug-likeness (QED) is 0.454. The van der Waals surface area contributed by atoms with Crippen LogP contribution < -0.4 is 16.0 Å². The van der Waals surface area contributed by atoms with Crippen LogP contribution in [0, 0.1) is 11.6 Å². The smallest absolute Gasteiger partial charge is 0.326 e. The van der Waals surface area contributed by atoms with Crippen LogP contribution in [0.3, 0.4) is 0 Å². The molecule has 5 amide bonds. The zero-order valence-corrected chi connectivity index (χ0v) is 18.3. The average Bonchev–Trinajstić information content (AvgIpc) is 3.12.